The van der Waals surface area contributed by atoms with E-state index in [1.54, 1.807) is 20.1 Å². The van der Waals surface area contributed by atoms with Crippen LogP contribution in [0.5, 0.6) is 11.5 Å². The van der Waals surface area contributed by atoms with Crippen molar-refractivity contribution < 1.29 is 9.47 Å². The van der Waals surface area contributed by atoms with Crippen molar-refractivity contribution in [3.05, 3.63) is 45.4 Å². The zero-order valence-electron chi connectivity index (χ0n) is 15.0. The Hall–Kier alpha value is -2.83. The summed E-state index contributed by atoms with van der Waals surface area (Å²) < 4.78 is 11.3. The molecule has 0 atom stereocenters. The van der Waals surface area contributed by atoms with Gasteiger partial charge in [0.1, 0.15) is 0 Å². The first-order chi connectivity index (χ1) is 12.0. The average molecular weight is 344 g/mol. The molecule has 1 aromatic carbocycles. The molecule has 0 amide bonds. The fraction of sp³-hybridized carbons (Fsp3) is 0.389. The van der Waals surface area contributed by atoms with Crippen LogP contribution in [0.3, 0.4) is 0 Å². The van der Waals surface area contributed by atoms with Crippen molar-refractivity contribution in [2.75, 3.05) is 18.6 Å². The van der Waals surface area contributed by atoms with Gasteiger partial charge in [-0.3, -0.25) is 9.78 Å². The SMILES string of the molecule is CCCOc1ccc(/C=N\Nc2nc(C)c(C)c(=O)[nH]2)cc1OCC. The number of benzene rings is 1. The Bertz CT molecular complexity index is 799. The van der Waals surface area contributed by atoms with Crippen molar-refractivity contribution in [3.63, 3.8) is 0 Å². The molecule has 2 N–H and O–H groups in total. The summed E-state index contributed by atoms with van der Waals surface area (Å²) in [5.41, 5.74) is 4.65. The van der Waals surface area contributed by atoms with Crippen LogP contribution in [0.1, 0.15) is 37.1 Å². The summed E-state index contributed by atoms with van der Waals surface area (Å²) in [7, 11) is 0. The minimum absolute atomic E-state index is 0.179. The highest BCUT2D eigenvalue weighted by molar-refractivity contribution is 5.81. The molecule has 2 rings (SSSR count). The number of H-pyrrole nitrogens is 1. The van der Waals surface area contributed by atoms with Crippen molar-refractivity contribution in [1.29, 1.82) is 0 Å². The second-order valence-corrected chi connectivity index (χ2v) is 5.48. The van der Waals surface area contributed by atoms with Crippen LogP contribution in [0.15, 0.2) is 28.1 Å². The van der Waals surface area contributed by atoms with Crippen LogP contribution in [-0.2, 0) is 0 Å². The number of nitrogens with one attached hydrogen (secondary N) is 2. The first-order valence-corrected chi connectivity index (χ1v) is 8.31. The molecule has 0 aliphatic heterocycles. The number of rotatable bonds is 8. The molecule has 0 saturated carbocycles. The minimum atomic E-state index is -0.179. The Morgan fingerprint density at radius 2 is 2.04 bits per heavy atom. The van der Waals surface area contributed by atoms with Gasteiger partial charge in [-0.1, -0.05) is 6.92 Å². The zero-order chi connectivity index (χ0) is 18.2. The lowest BCUT2D eigenvalue weighted by Gasteiger charge is -2.11. The molecular weight excluding hydrogens is 320 g/mol. The van der Waals surface area contributed by atoms with Gasteiger partial charge in [-0.15, -0.1) is 0 Å². The molecule has 2 aromatic rings. The standard InChI is InChI=1S/C18H24N4O3/c1-5-9-25-15-8-7-14(10-16(15)24-6-2)11-19-22-18-20-13(4)12(3)17(23)21-18/h7-8,10-11H,5-6,9H2,1-4H3,(H2,20,21,22,23)/b19-11-. The molecule has 0 saturated heterocycles. The number of hydrazone groups is 1. The second-order valence-electron chi connectivity index (χ2n) is 5.48. The van der Waals surface area contributed by atoms with E-state index in [-0.39, 0.29) is 5.56 Å². The van der Waals surface area contributed by atoms with Crippen molar-refractivity contribution in [2.24, 2.45) is 5.10 Å². The van der Waals surface area contributed by atoms with E-state index in [4.69, 9.17) is 9.47 Å². The highest BCUT2D eigenvalue weighted by Crippen LogP contribution is 2.28. The monoisotopic (exact) mass is 344 g/mol. The number of aromatic nitrogens is 2. The molecule has 7 nitrogen and oxygen atoms in total. The predicted molar refractivity (Wildman–Crippen MR) is 98.9 cm³/mol. The van der Waals surface area contributed by atoms with E-state index in [1.807, 2.05) is 25.1 Å². The van der Waals surface area contributed by atoms with Crippen LogP contribution in [0, 0.1) is 13.8 Å². The number of hydrogen-bond donors (Lipinski definition) is 2. The molecule has 0 aliphatic rings. The Kier molecular flexibility index (Phi) is 6.56. The van der Waals surface area contributed by atoms with Gasteiger partial charge in [-0.25, -0.2) is 10.4 Å². The van der Waals surface area contributed by atoms with Gasteiger partial charge in [-0.2, -0.15) is 5.10 Å². The first-order valence-electron chi connectivity index (χ1n) is 8.31. The third-order valence-electron chi connectivity index (χ3n) is 3.51. The van der Waals surface area contributed by atoms with Crippen molar-refractivity contribution in [3.8, 4) is 11.5 Å². The van der Waals surface area contributed by atoms with Crippen LogP contribution >= 0.6 is 0 Å². The summed E-state index contributed by atoms with van der Waals surface area (Å²) in [4.78, 5) is 18.6. The minimum Gasteiger partial charge on any atom is -0.490 e. The van der Waals surface area contributed by atoms with Crippen molar-refractivity contribution in [2.45, 2.75) is 34.1 Å². The summed E-state index contributed by atoms with van der Waals surface area (Å²) in [6.45, 7) is 8.68. The predicted octanol–water partition coefficient (Wildman–Crippen LogP) is 3.02. The number of anilines is 1. The number of aryl methyl sites for hydroxylation is 1. The van der Waals surface area contributed by atoms with Gasteiger partial charge in [-0.05, 0) is 51.0 Å². The molecule has 7 heteroatoms. The van der Waals surface area contributed by atoms with Crippen LogP contribution in [0.25, 0.3) is 0 Å². The maximum atomic E-state index is 11.7. The van der Waals surface area contributed by atoms with Gasteiger partial charge in [0.2, 0.25) is 5.95 Å². The van der Waals surface area contributed by atoms with Gasteiger partial charge < -0.3 is 9.47 Å². The van der Waals surface area contributed by atoms with E-state index >= 15 is 0 Å². The molecule has 1 aromatic heterocycles. The molecule has 0 radical (unpaired) electrons. The highest BCUT2D eigenvalue weighted by Gasteiger charge is 2.06. The molecule has 134 valence electrons. The number of nitrogens with zero attached hydrogens (tertiary/aromatic N) is 2. The highest BCUT2D eigenvalue weighted by atomic mass is 16.5. The van der Waals surface area contributed by atoms with Gasteiger partial charge in [0.15, 0.2) is 11.5 Å². The molecule has 25 heavy (non-hydrogen) atoms. The maximum absolute atomic E-state index is 11.7. The third-order valence-corrected chi connectivity index (χ3v) is 3.51. The normalized spacial score (nSPS) is 10.9. The summed E-state index contributed by atoms with van der Waals surface area (Å²) in [5, 5.41) is 4.11. The lowest BCUT2D eigenvalue weighted by Crippen LogP contribution is -2.15. The van der Waals surface area contributed by atoms with Crippen molar-refractivity contribution >= 4 is 12.2 Å². The van der Waals surface area contributed by atoms with E-state index in [0.29, 0.717) is 41.9 Å². The van der Waals surface area contributed by atoms with Gasteiger partial charge >= 0.3 is 0 Å². The third kappa shape index (κ3) is 5.07. The van der Waals surface area contributed by atoms with Crippen LogP contribution in [0.4, 0.5) is 5.95 Å². The molecule has 0 unspecified atom stereocenters. The number of hydrogen-bond acceptors (Lipinski definition) is 6. The van der Waals surface area contributed by atoms with Crippen molar-refractivity contribution in [1.82, 2.24) is 9.97 Å². The Labute approximate surface area is 147 Å². The average Bonchev–Trinajstić information content (AvgIpc) is 2.59. The zero-order valence-corrected chi connectivity index (χ0v) is 15.0. The molecule has 0 aliphatic carbocycles. The summed E-state index contributed by atoms with van der Waals surface area (Å²) >= 11 is 0. The number of ether oxygens (including phenoxy) is 2. The first kappa shape index (κ1) is 18.5. The number of aromatic amines is 1. The summed E-state index contributed by atoms with van der Waals surface area (Å²) in [6.07, 6.45) is 2.56. The Balaban J connectivity index is 2.12. The molecule has 0 fully saturated rings. The smallest absolute Gasteiger partial charge is 0.255 e. The van der Waals surface area contributed by atoms with E-state index < -0.39 is 0 Å². The fourth-order valence-corrected chi connectivity index (χ4v) is 2.07. The van der Waals surface area contributed by atoms with Gasteiger partial charge in [0, 0.05) is 11.3 Å². The van der Waals surface area contributed by atoms with E-state index in [0.717, 1.165) is 12.0 Å². The quantitative estimate of drug-likeness (QED) is 0.568. The van der Waals surface area contributed by atoms with E-state index in [1.165, 1.54) is 0 Å². The lowest BCUT2D eigenvalue weighted by molar-refractivity contribution is 0.277. The lowest BCUT2D eigenvalue weighted by atomic mass is 10.2. The second kappa shape index (κ2) is 8.86. The topological polar surface area (TPSA) is 88.6 Å². The van der Waals surface area contributed by atoms with E-state index in [9.17, 15) is 4.79 Å². The molecular formula is C18H24N4O3. The van der Waals surface area contributed by atoms with Crippen LogP contribution in [0.2, 0.25) is 0 Å². The summed E-state index contributed by atoms with van der Waals surface area (Å²) in [5.74, 6) is 1.70. The molecule has 0 spiro atoms. The maximum Gasteiger partial charge on any atom is 0.255 e. The van der Waals surface area contributed by atoms with Crippen LogP contribution in [-0.4, -0.2) is 29.4 Å². The fourth-order valence-electron chi connectivity index (χ4n) is 2.07. The van der Waals surface area contributed by atoms with Gasteiger partial charge in [0.05, 0.1) is 19.4 Å². The van der Waals surface area contributed by atoms with Gasteiger partial charge in [0.25, 0.3) is 5.56 Å². The van der Waals surface area contributed by atoms with Crippen LogP contribution < -0.4 is 20.5 Å². The Morgan fingerprint density at radius 3 is 2.72 bits per heavy atom. The largest absolute Gasteiger partial charge is 0.490 e. The Morgan fingerprint density at radius 1 is 1.24 bits per heavy atom. The summed E-state index contributed by atoms with van der Waals surface area (Å²) in [6, 6.07) is 5.60. The molecule has 1 heterocycles. The van der Waals surface area contributed by atoms with E-state index in [2.05, 4.69) is 27.4 Å². The molecule has 0 bridgehead atoms.